The molecule has 19 heavy (non-hydrogen) atoms. The molecule has 1 heterocycles. The molecule has 0 bridgehead atoms. The Morgan fingerprint density at radius 2 is 2.21 bits per heavy atom. The average Bonchev–Trinajstić information content (AvgIpc) is 2.36. The van der Waals surface area contributed by atoms with Crippen molar-refractivity contribution in [3.8, 4) is 0 Å². The highest BCUT2D eigenvalue weighted by molar-refractivity contribution is 5.83. The number of amides is 1. The number of hydrogen-bond donors (Lipinski definition) is 2. The Balaban J connectivity index is 2.45. The third-order valence-corrected chi connectivity index (χ3v) is 3.48. The quantitative estimate of drug-likeness (QED) is 0.752. The summed E-state index contributed by atoms with van der Waals surface area (Å²) < 4.78 is 0. The first-order valence-corrected chi connectivity index (χ1v) is 6.52. The molecule has 1 amide bonds. The van der Waals surface area contributed by atoms with Gasteiger partial charge in [0.1, 0.15) is 0 Å². The molecule has 1 aromatic rings. The van der Waals surface area contributed by atoms with Crippen LogP contribution in [0.25, 0.3) is 0 Å². The molecular formula is C14H24N4O. The van der Waals surface area contributed by atoms with E-state index in [4.69, 9.17) is 11.5 Å². The normalized spacial score (nSPS) is 16.1. The van der Waals surface area contributed by atoms with Gasteiger partial charge in [-0.3, -0.25) is 9.78 Å². The van der Waals surface area contributed by atoms with Crippen LogP contribution in [0.1, 0.15) is 26.0 Å². The van der Waals surface area contributed by atoms with E-state index >= 15 is 0 Å². The van der Waals surface area contributed by atoms with Crippen LogP contribution in [0.3, 0.4) is 0 Å². The Bertz CT molecular complexity index is 405. The molecular weight excluding hydrogens is 240 g/mol. The van der Waals surface area contributed by atoms with Crippen molar-refractivity contribution >= 4 is 5.91 Å². The second kappa shape index (κ2) is 6.63. The summed E-state index contributed by atoms with van der Waals surface area (Å²) in [6, 6.07) is 6.08. The number of hydrogen-bond acceptors (Lipinski definition) is 4. The molecule has 0 aromatic carbocycles. The van der Waals surface area contributed by atoms with E-state index in [0.717, 1.165) is 18.7 Å². The summed E-state index contributed by atoms with van der Waals surface area (Å²) >= 11 is 0. The van der Waals surface area contributed by atoms with Crippen molar-refractivity contribution in [1.29, 1.82) is 0 Å². The third kappa shape index (κ3) is 4.96. The number of nitrogens with two attached hydrogens (primary N) is 2. The van der Waals surface area contributed by atoms with Crippen molar-refractivity contribution in [2.24, 2.45) is 11.5 Å². The van der Waals surface area contributed by atoms with Crippen LogP contribution < -0.4 is 11.5 Å². The highest BCUT2D eigenvalue weighted by atomic mass is 16.1. The van der Waals surface area contributed by atoms with Gasteiger partial charge in [0, 0.05) is 30.9 Å². The molecule has 0 spiro atoms. The minimum atomic E-state index is -0.960. The number of likely N-dealkylation sites (N-methyl/N-ethyl adjacent to an activating group) is 1. The van der Waals surface area contributed by atoms with Gasteiger partial charge in [0.25, 0.3) is 0 Å². The van der Waals surface area contributed by atoms with Gasteiger partial charge in [-0.15, -0.1) is 0 Å². The largest absolute Gasteiger partial charge is 0.368 e. The van der Waals surface area contributed by atoms with Crippen molar-refractivity contribution in [3.05, 3.63) is 30.1 Å². The van der Waals surface area contributed by atoms with E-state index in [1.54, 1.807) is 13.1 Å². The fourth-order valence-corrected chi connectivity index (χ4v) is 1.93. The standard InChI is InChI=1S/C14H24N4O/c1-11(10-14(2,16)13(15)19)18(3)9-7-12-6-4-5-8-17-12/h4-6,8,11H,7,9-10,16H2,1-3H3,(H2,15,19). The number of rotatable bonds is 7. The first-order valence-electron chi connectivity index (χ1n) is 6.52. The minimum Gasteiger partial charge on any atom is -0.368 e. The Hall–Kier alpha value is -1.46. The van der Waals surface area contributed by atoms with E-state index in [1.807, 2.05) is 32.2 Å². The molecule has 1 aromatic heterocycles. The van der Waals surface area contributed by atoms with Crippen LogP contribution in [0.2, 0.25) is 0 Å². The number of nitrogens with zero attached hydrogens (tertiary/aromatic N) is 2. The summed E-state index contributed by atoms with van der Waals surface area (Å²) in [6.45, 7) is 4.60. The predicted octanol–water partition coefficient (Wildman–Crippen LogP) is 0.537. The lowest BCUT2D eigenvalue weighted by Gasteiger charge is -2.30. The molecule has 106 valence electrons. The molecule has 0 aliphatic heterocycles. The lowest BCUT2D eigenvalue weighted by Crippen LogP contribution is -2.53. The van der Waals surface area contributed by atoms with E-state index in [9.17, 15) is 4.79 Å². The second-order valence-electron chi connectivity index (χ2n) is 5.39. The van der Waals surface area contributed by atoms with Gasteiger partial charge in [-0.25, -0.2) is 0 Å². The van der Waals surface area contributed by atoms with Crippen molar-refractivity contribution in [1.82, 2.24) is 9.88 Å². The van der Waals surface area contributed by atoms with Crippen LogP contribution in [-0.4, -0.2) is 41.0 Å². The molecule has 0 aliphatic rings. The van der Waals surface area contributed by atoms with E-state index < -0.39 is 11.4 Å². The van der Waals surface area contributed by atoms with Crippen LogP contribution in [-0.2, 0) is 11.2 Å². The first-order chi connectivity index (χ1) is 8.83. The molecule has 5 nitrogen and oxygen atoms in total. The van der Waals surface area contributed by atoms with Crippen LogP contribution in [0.4, 0.5) is 0 Å². The topological polar surface area (TPSA) is 85.2 Å². The lowest BCUT2D eigenvalue weighted by molar-refractivity contribution is -0.123. The van der Waals surface area contributed by atoms with E-state index in [1.165, 1.54) is 0 Å². The number of carbonyl (C=O) groups is 1. The Morgan fingerprint density at radius 1 is 1.53 bits per heavy atom. The molecule has 0 fully saturated rings. The van der Waals surface area contributed by atoms with E-state index in [0.29, 0.717) is 6.42 Å². The van der Waals surface area contributed by atoms with Gasteiger partial charge < -0.3 is 16.4 Å². The maximum atomic E-state index is 11.2. The van der Waals surface area contributed by atoms with E-state index in [-0.39, 0.29) is 6.04 Å². The molecule has 0 saturated carbocycles. The maximum Gasteiger partial charge on any atom is 0.237 e. The molecule has 2 atom stereocenters. The molecule has 2 unspecified atom stereocenters. The fourth-order valence-electron chi connectivity index (χ4n) is 1.93. The average molecular weight is 264 g/mol. The summed E-state index contributed by atoms with van der Waals surface area (Å²) in [5.41, 5.74) is 11.3. The summed E-state index contributed by atoms with van der Waals surface area (Å²) in [6.07, 6.45) is 3.21. The van der Waals surface area contributed by atoms with Crippen LogP contribution in [0, 0.1) is 0 Å². The molecule has 0 radical (unpaired) electrons. The number of carbonyl (C=O) groups excluding carboxylic acids is 1. The zero-order valence-electron chi connectivity index (χ0n) is 12.0. The highest BCUT2D eigenvalue weighted by Crippen LogP contribution is 2.13. The molecule has 1 rings (SSSR count). The number of aromatic nitrogens is 1. The summed E-state index contributed by atoms with van der Waals surface area (Å²) in [5, 5.41) is 0. The molecule has 0 saturated heterocycles. The monoisotopic (exact) mass is 264 g/mol. The van der Waals surface area contributed by atoms with Crippen LogP contribution in [0.15, 0.2) is 24.4 Å². The Morgan fingerprint density at radius 3 is 2.74 bits per heavy atom. The van der Waals surface area contributed by atoms with Crippen LogP contribution in [0.5, 0.6) is 0 Å². The number of pyridine rings is 1. The molecule has 5 heteroatoms. The summed E-state index contributed by atoms with van der Waals surface area (Å²) in [4.78, 5) is 17.7. The smallest absolute Gasteiger partial charge is 0.237 e. The Labute approximate surface area is 115 Å². The second-order valence-corrected chi connectivity index (χ2v) is 5.39. The lowest BCUT2D eigenvalue weighted by atomic mass is 9.93. The van der Waals surface area contributed by atoms with E-state index in [2.05, 4.69) is 9.88 Å². The van der Waals surface area contributed by atoms with Gasteiger partial charge >= 0.3 is 0 Å². The Kier molecular flexibility index (Phi) is 5.44. The fraction of sp³-hybridized carbons (Fsp3) is 0.571. The van der Waals surface area contributed by atoms with Crippen molar-refractivity contribution in [2.45, 2.75) is 38.3 Å². The summed E-state index contributed by atoms with van der Waals surface area (Å²) in [5.74, 6) is -0.461. The van der Waals surface area contributed by atoms with Crippen molar-refractivity contribution < 1.29 is 4.79 Å². The zero-order valence-corrected chi connectivity index (χ0v) is 12.0. The molecule has 0 aliphatic carbocycles. The first kappa shape index (κ1) is 15.6. The zero-order chi connectivity index (χ0) is 14.5. The predicted molar refractivity (Wildman–Crippen MR) is 76.4 cm³/mol. The van der Waals surface area contributed by atoms with Gasteiger partial charge in [0.2, 0.25) is 5.91 Å². The van der Waals surface area contributed by atoms with Gasteiger partial charge in [-0.1, -0.05) is 6.07 Å². The summed E-state index contributed by atoms with van der Waals surface area (Å²) in [7, 11) is 2.02. The van der Waals surface area contributed by atoms with Gasteiger partial charge in [-0.05, 0) is 39.4 Å². The van der Waals surface area contributed by atoms with Crippen molar-refractivity contribution in [2.75, 3.05) is 13.6 Å². The van der Waals surface area contributed by atoms with Crippen molar-refractivity contribution in [3.63, 3.8) is 0 Å². The maximum absolute atomic E-state index is 11.2. The van der Waals surface area contributed by atoms with Gasteiger partial charge in [0.15, 0.2) is 0 Å². The highest BCUT2D eigenvalue weighted by Gasteiger charge is 2.29. The van der Waals surface area contributed by atoms with Crippen LogP contribution >= 0.6 is 0 Å². The molecule has 4 N–H and O–H groups in total. The minimum absolute atomic E-state index is 0.186. The SMILES string of the molecule is CC(CC(C)(N)C(N)=O)N(C)CCc1ccccn1. The third-order valence-electron chi connectivity index (χ3n) is 3.48. The number of primary amides is 1. The van der Waals surface area contributed by atoms with Gasteiger partial charge in [0.05, 0.1) is 5.54 Å². The van der Waals surface area contributed by atoms with Gasteiger partial charge in [-0.2, -0.15) is 0 Å².